The zero-order chi connectivity index (χ0) is 23.2. The van der Waals surface area contributed by atoms with E-state index in [1.54, 1.807) is 23.2 Å². The summed E-state index contributed by atoms with van der Waals surface area (Å²) in [6.07, 6.45) is -0.772. The molecule has 0 amide bonds. The summed E-state index contributed by atoms with van der Waals surface area (Å²) < 4.78 is 61.1. The molecule has 0 aliphatic heterocycles. The minimum absolute atomic E-state index is 0.249. The van der Waals surface area contributed by atoms with Gasteiger partial charge in [-0.2, -0.15) is 13.2 Å². The van der Waals surface area contributed by atoms with Crippen molar-refractivity contribution in [2.75, 3.05) is 13.2 Å². The van der Waals surface area contributed by atoms with Crippen LogP contribution in [0.5, 0.6) is 5.75 Å². The molecule has 6 heteroatoms. The summed E-state index contributed by atoms with van der Waals surface area (Å²) in [5.74, 6) is 0.346. The van der Waals surface area contributed by atoms with Gasteiger partial charge in [0.25, 0.3) is 0 Å². The van der Waals surface area contributed by atoms with E-state index in [1.165, 1.54) is 18.3 Å². The van der Waals surface area contributed by atoms with E-state index in [0.717, 1.165) is 23.3 Å². The molecule has 3 aromatic rings. The van der Waals surface area contributed by atoms with Crippen molar-refractivity contribution in [2.45, 2.75) is 32.6 Å². The van der Waals surface area contributed by atoms with Crippen molar-refractivity contribution < 1.29 is 20.6 Å². The van der Waals surface area contributed by atoms with Crippen LogP contribution in [0.2, 0.25) is 0 Å². The topological polar surface area (TPSA) is 25.4 Å². The predicted molar refractivity (Wildman–Crippen MR) is 111 cm³/mol. The van der Waals surface area contributed by atoms with Crippen molar-refractivity contribution in [2.24, 2.45) is 0 Å². The summed E-state index contributed by atoms with van der Waals surface area (Å²) in [4.78, 5) is 5.77. The molecule has 0 radical (unpaired) electrons. The van der Waals surface area contributed by atoms with Gasteiger partial charge < -0.3 is 4.74 Å². The van der Waals surface area contributed by atoms with E-state index in [4.69, 9.17) is 7.48 Å². The van der Waals surface area contributed by atoms with Gasteiger partial charge in [0.1, 0.15) is 5.75 Å². The lowest BCUT2D eigenvalue weighted by Gasteiger charge is -2.23. The van der Waals surface area contributed by atoms with Gasteiger partial charge in [-0.05, 0) is 60.4 Å². The molecular formula is C24H25F3N2O. The molecule has 0 unspecified atom stereocenters. The van der Waals surface area contributed by atoms with E-state index in [-0.39, 0.29) is 6.61 Å². The zero-order valence-corrected chi connectivity index (χ0v) is 16.7. The number of pyridine rings is 1. The molecule has 0 aliphatic carbocycles. The third-order valence-electron chi connectivity index (χ3n) is 4.59. The second-order valence-corrected chi connectivity index (χ2v) is 6.93. The molecule has 3 nitrogen and oxygen atoms in total. The minimum Gasteiger partial charge on any atom is -0.494 e. The molecule has 158 valence electrons. The fourth-order valence-electron chi connectivity index (χ4n) is 2.96. The number of rotatable bonds is 9. The Morgan fingerprint density at radius 2 is 1.80 bits per heavy atom. The fourth-order valence-corrected chi connectivity index (χ4v) is 2.96. The highest BCUT2D eigenvalue weighted by Crippen LogP contribution is 2.30. The number of alkyl halides is 3. The second-order valence-electron chi connectivity index (χ2n) is 6.93. The van der Waals surface area contributed by atoms with Crippen LogP contribution >= 0.6 is 0 Å². The summed E-state index contributed by atoms with van der Waals surface area (Å²) in [7, 11) is 0. The summed E-state index contributed by atoms with van der Waals surface area (Å²) in [6.45, 7) is 1.26. The first kappa shape index (κ1) is 19.1. The highest BCUT2D eigenvalue weighted by molar-refractivity contribution is 5.29. The van der Waals surface area contributed by atoms with Gasteiger partial charge in [-0.25, -0.2) is 0 Å². The first-order valence-corrected chi connectivity index (χ1v) is 9.68. The largest absolute Gasteiger partial charge is 0.494 e. The predicted octanol–water partition coefficient (Wildman–Crippen LogP) is 5.88. The molecule has 0 saturated carbocycles. The van der Waals surface area contributed by atoms with Crippen molar-refractivity contribution in [1.29, 1.82) is 0 Å². The van der Waals surface area contributed by atoms with Gasteiger partial charge in [0, 0.05) is 34.7 Å². The van der Waals surface area contributed by atoms with Gasteiger partial charge in [-0.3, -0.25) is 9.88 Å². The molecule has 30 heavy (non-hydrogen) atoms. The lowest BCUT2D eigenvalue weighted by atomic mass is 10.1. The molecule has 0 atom stereocenters. The van der Waals surface area contributed by atoms with Crippen LogP contribution in [0, 0.1) is 6.92 Å². The molecular weight excluding hydrogens is 389 g/mol. The van der Waals surface area contributed by atoms with Crippen LogP contribution in [0.4, 0.5) is 13.2 Å². The number of nitrogens with zero attached hydrogens (tertiary/aromatic N) is 2. The van der Waals surface area contributed by atoms with Crippen molar-refractivity contribution in [1.82, 2.24) is 9.88 Å². The van der Waals surface area contributed by atoms with Crippen LogP contribution in [0.1, 0.15) is 31.4 Å². The summed E-state index contributed by atoms with van der Waals surface area (Å²) in [5.41, 5.74) is 1.82. The number of hydrogen-bond acceptors (Lipinski definition) is 3. The van der Waals surface area contributed by atoms with E-state index in [0.29, 0.717) is 30.8 Å². The Hall–Kier alpha value is -2.86. The average molecular weight is 416 g/mol. The van der Waals surface area contributed by atoms with Gasteiger partial charge in [-0.15, -0.1) is 0 Å². The van der Waals surface area contributed by atoms with Crippen LogP contribution in [-0.2, 0) is 19.2 Å². The van der Waals surface area contributed by atoms with E-state index in [1.807, 2.05) is 31.2 Å². The average Bonchev–Trinajstić information content (AvgIpc) is 2.77. The Morgan fingerprint density at radius 1 is 1.03 bits per heavy atom. The maximum absolute atomic E-state index is 12.7. The smallest absolute Gasteiger partial charge is 0.416 e. The molecule has 0 fully saturated rings. The van der Waals surface area contributed by atoms with Crippen molar-refractivity contribution in [3.8, 4) is 5.75 Å². The molecule has 0 spiro atoms. The third-order valence-corrected chi connectivity index (χ3v) is 4.59. The summed E-state index contributed by atoms with van der Waals surface area (Å²) >= 11 is 0. The number of halogens is 3. The molecule has 1 aromatic heterocycles. The highest BCUT2D eigenvalue weighted by Gasteiger charge is 2.30. The number of benzene rings is 2. The van der Waals surface area contributed by atoms with Crippen LogP contribution in [-0.4, -0.2) is 23.0 Å². The van der Waals surface area contributed by atoms with Crippen LogP contribution in [0.3, 0.4) is 0 Å². The molecule has 3 rings (SSSR count). The lowest BCUT2D eigenvalue weighted by molar-refractivity contribution is -0.137. The van der Waals surface area contributed by atoms with Crippen LogP contribution < -0.4 is 4.74 Å². The normalized spacial score (nSPS) is 13.1. The van der Waals surface area contributed by atoms with Crippen LogP contribution in [0.15, 0.2) is 73.1 Å². The third kappa shape index (κ3) is 6.59. The molecule has 0 saturated heterocycles. The number of aromatic nitrogens is 1. The quantitative estimate of drug-likeness (QED) is 0.407. The van der Waals surface area contributed by atoms with Crippen molar-refractivity contribution >= 4 is 0 Å². The SMILES string of the molecule is [2H]C([2H])(c1cccnc1)N(CCCOc1ccc(C(F)(F)F)cc1)Cc1ccccc1C. The standard InChI is InChI=1S/C24H25F3N2O/c1-19-6-2-3-8-21(19)18-29(17-20-7-4-13-28-16-20)14-5-15-30-23-11-9-22(10-12-23)24(25,26)27/h2-4,6-13,16H,5,14-15,17-18H2,1H3/i17D2. The molecule has 0 aliphatic rings. The summed E-state index contributed by atoms with van der Waals surface area (Å²) in [5, 5.41) is 0. The maximum Gasteiger partial charge on any atom is 0.416 e. The van der Waals surface area contributed by atoms with Crippen molar-refractivity contribution in [3.63, 3.8) is 0 Å². The molecule has 2 aromatic carbocycles. The second kappa shape index (κ2) is 10.3. The first-order chi connectivity index (χ1) is 15.2. The highest BCUT2D eigenvalue weighted by atomic mass is 19.4. The maximum atomic E-state index is 12.7. The molecule has 0 N–H and O–H groups in total. The Bertz CT molecular complexity index is 996. The van der Waals surface area contributed by atoms with Gasteiger partial charge >= 0.3 is 6.18 Å². The van der Waals surface area contributed by atoms with E-state index in [2.05, 4.69) is 4.98 Å². The molecule has 0 bridgehead atoms. The van der Waals surface area contributed by atoms with Crippen molar-refractivity contribution in [3.05, 3.63) is 95.3 Å². The van der Waals surface area contributed by atoms with Gasteiger partial charge in [0.05, 0.1) is 12.2 Å². The van der Waals surface area contributed by atoms with E-state index < -0.39 is 18.2 Å². The Kier molecular flexibility index (Phi) is 6.54. The Labute approximate surface area is 177 Å². The fraction of sp³-hybridized carbons (Fsp3) is 0.292. The van der Waals surface area contributed by atoms with Gasteiger partial charge in [0.15, 0.2) is 0 Å². The number of aryl methyl sites for hydroxylation is 1. The van der Waals surface area contributed by atoms with Gasteiger partial charge in [-0.1, -0.05) is 30.3 Å². The lowest BCUT2D eigenvalue weighted by Crippen LogP contribution is -2.25. The molecule has 1 heterocycles. The Balaban J connectivity index is 1.67. The minimum atomic E-state index is -4.38. The van der Waals surface area contributed by atoms with E-state index in [9.17, 15) is 13.2 Å². The zero-order valence-electron chi connectivity index (χ0n) is 18.7. The van der Waals surface area contributed by atoms with E-state index >= 15 is 0 Å². The monoisotopic (exact) mass is 416 g/mol. The van der Waals surface area contributed by atoms with Gasteiger partial charge in [0.2, 0.25) is 0 Å². The van der Waals surface area contributed by atoms with Crippen LogP contribution in [0.25, 0.3) is 0 Å². The first-order valence-electron chi connectivity index (χ1n) is 10.7. The number of hydrogen-bond donors (Lipinski definition) is 0. The number of ether oxygens (including phenoxy) is 1. The summed E-state index contributed by atoms with van der Waals surface area (Å²) in [6, 6.07) is 15.8. The Morgan fingerprint density at radius 3 is 2.47 bits per heavy atom.